The van der Waals surface area contributed by atoms with E-state index in [2.05, 4.69) is 0 Å². The first-order chi connectivity index (χ1) is 5.32. The van der Waals surface area contributed by atoms with Gasteiger partial charge in [-0.25, -0.2) is 0 Å². The quantitative estimate of drug-likeness (QED) is 0.540. The summed E-state index contributed by atoms with van der Waals surface area (Å²) in [5.41, 5.74) is 6.83. The van der Waals surface area contributed by atoms with E-state index in [1.54, 1.807) is 6.42 Å². The van der Waals surface area contributed by atoms with Crippen LogP contribution < -0.4 is 5.73 Å². The zero-order chi connectivity index (χ0) is 6.96. The molecule has 0 heterocycles. The van der Waals surface area contributed by atoms with Crippen molar-refractivity contribution < 1.29 is 0 Å². The van der Waals surface area contributed by atoms with Gasteiger partial charge in [-0.05, 0) is 54.3 Å². The standard InChI is InChI=1S/C10H13N/c11-10-2-5-3-1-4-6(5)9(10)7(4)8(3)10/h3-9H,1-2,11H2. The van der Waals surface area contributed by atoms with Crippen molar-refractivity contribution in [2.45, 2.75) is 18.4 Å². The average molecular weight is 147 g/mol. The maximum Gasteiger partial charge on any atom is 0.0225 e. The van der Waals surface area contributed by atoms with E-state index < -0.39 is 0 Å². The highest BCUT2D eigenvalue weighted by atomic mass is 15.0. The summed E-state index contributed by atoms with van der Waals surface area (Å²) in [4.78, 5) is 0. The second-order valence-corrected chi connectivity index (χ2v) is 5.75. The van der Waals surface area contributed by atoms with E-state index in [1.165, 1.54) is 12.3 Å². The van der Waals surface area contributed by atoms with Crippen molar-refractivity contribution in [3.8, 4) is 0 Å². The largest absolute Gasteiger partial charge is 0.325 e. The van der Waals surface area contributed by atoms with Gasteiger partial charge in [0.2, 0.25) is 0 Å². The lowest BCUT2D eigenvalue weighted by molar-refractivity contribution is -0.182. The van der Waals surface area contributed by atoms with Crippen LogP contribution in [-0.4, -0.2) is 5.54 Å². The van der Waals surface area contributed by atoms with Crippen LogP contribution in [0, 0.1) is 41.4 Å². The molecule has 8 atom stereocenters. The van der Waals surface area contributed by atoms with Gasteiger partial charge in [-0.2, -0.15) is 0 Å². The molecular formula is C10H13N. The third-order valence-corrected chi connectivity index (χ3v) is 6.11. The Labute approximate surface area is 66.3 Å². The lowest BCUT2D eigenvalue weighted by Crippen LogP contribution is -2.73. The summed E-state index contributed by atoms with van der Waals surface area (Å²) in [6.07, 6.45) is 3.00. The predicted octanol–water partition coefficient (Wildman–Crippen LogP) is 0.845. The van der Waals surface area contributed by atoms with E-state index in [9.17, 15) is 0 Å². The second kappa shape index (κ2) is 0.953. The van der Waals surface area contributed by atoms with Gasteiger partial charge >= 0.3 is 0 Å². The third kappa shape index (κ3) is 0.225. The zero-order valence-electron chi connectivity index (χ0n) is 6.53. The Hall–Kier alpha value is -0.0400. The van der Waals surface area contributed by atoms with Crippen LogP contribution in [0.4, 0.5) is 0 Å². The molecule has 0 amide bonds. The molecule has 6 rings (SSSR count). The molecule has 4 bridgehead atoms. The minimum absolute atomic E-state index is 0.400. The normalized spacial score (nSPS) is 90.8. The molecule has 6 aliphatic carbocycles. The minimum atomic E-state index is 0.400. The Morgan fingerprint density at radius 2 is 1.91 bits per heavy atom. The van der Waals surface area contributed by atoms with E-state index in [0.717, 1.165) is 35.5 Å². The highest BCUT2D eigenvalue weighted by molar-refractivity contribution is 5.39. The van der Waals surface area contributed by atoms with Gasteiger partial charge in [-0.1, -0.05) is 0 Å². The Kier molecular flexibility index (Phi) is 0.421. The molecular weight excluding hydrogens is 134 g/mol. The SMILES string of the molecule is NC12CC3C4CC5C3C1C5C42. The van der Waals surface area contributed by atoms with Gasteiger partial charge in [0.15, 0.2) is 0 Å². The third-order valence-electron chi connectivity index (χ3n) is 6.11. The van der Waals surface area contributed by atoms with Gasteiger partial charge in [0, 0.05) is 5.54 Å². The van der Waals surface area contributed by atoms with Crippen molar-refractivity contribution in [3.05, 3.63) is 0 Å². The van der Waals surface area contributed by atoms with E-state index >= 15 is 0 Å². The number of hydrogen-bond acceptors (Lipinski definition) is 1. The average Bonchev–Trinajstić information content (AvgIpc) is 2.39. The van der Waals surface area contributed by atoms with Crippen molar-refractivity contribution in [2.24, 2.45) is 47.2 Å². The molecule has 11 heavy (non-hydrogen) atoms. The van der Waals surface area contributed by atoms with E-state index in [-0.39, 0.29) is 0 Å². The topological polar surface area (TPSA) is 26.0 Å². The van der Waals surface area contributed by atoms with Crippen molar-refractivity contribution in [2.75, 3.05) is 0 Å². The first-order valence-electron chi connectivity index (χ1n) is 5.11. The monoisotopic (exact) mass is 147 g/mol. The predicted molar refractivity (Wildman–Crippen MR) is 40.6 cm³/mol. The molecule has 0 radical (unpaired) electrons. The molecule has 0 aromatic carbocycles. The second-order valence-electron chi connectivity index (χ2n) is 5.75. The first-order valence-corrected chi connectivity index (χ1v) is 5.11. The molecule has 58 valence electrons. The summed E-state index contributed by atoms with van der Waals surface area (Å²) in [6, 6.07) is 0. The fourth-order valence-corrected chi connectivity index (χ4v) is 6.31. The van der Waals surface area contributed by atoms with Gasteiger partial charge < -0.3 is 5.73 Å². The molecule has 6 aliphatic rings. The number of hydrogen-bond donors (Lipinski definition) is 1. The molecule has 0 aliphatic heterocycles. The Balaban J connectivity index is 1.91. The van der Waals surface area contributed by atoms with Crippen LogP contribution in [-0.2, 0) is 0 Å². The fraction of sp³-hybridized carbons (Fsp3) is 1.00. The molecule has 1 heteroatoms. The molecule has 0 saturated heterocycles. The molecule has 8 unspecified atom stereocenters. The lowest BCUT2D eigenvalue weighted by Gasteiger charge is -2.68. The maximum absolute atomic E-state index is 6.43. The van der Waals surface area contributed by atoms with Crippen LogP contribution in [0.5, 0.6) is 0 Å². The summed E-state index contributed by atoms with van der Waals surface area (Å²) in [5, 5.41) is 0. The molecule has 1 nitrogen and oxygen atoms in total. The van der Waals surface area contributed by atoms with Crippen LogP contribution in [0.2, 0.25) is 0 Å². The Morgan fingerprint density at radius 1 is 1.00 bits per heavy atom. The van der Waals surface area contributed by atoms with Crippen LogP contribution in [0.3, 0.4) is 0 Å². The van der Waals surface area contributed by atoms with E-state index in [0.29, 0.717) is 5.54 Å². The maximum atomic E-state index is 6.43. The molecule has 0 aromatic heterocycles. The minimum Gasteiger partial charge on any atom is -0.325 e. The van der Waals surface area contributed by atoms with Crippen molar-refractivity contribution in [3.63, 3.8) is 0 Å². The molecule has 6 fully saturated rings. The molecule has 6 saturated carbocycles. The van der Waals surface area contributed by atoms with E-state index in [4.69, 9.17) is 5.73 Å². The highest BCUT2D eigenvalue weighted by Crippen LogP contribution is 2.89. The summed E-state index contributed by atoms with van der Waals surface area (Å²) >= 11 is 0. The Bertz CT molecular complexity index is 281. The summed E-state index contributed by atoms with van der Waals surface area (Å²) in [6.45, 7) is 0. The lowest BCUT2D eigenvalue weighted by atomic mass is 9.38. The number of nitrogens with two attached hydrogens (primary N) is 1. The van der Waals surface area contributed by atoms with Crippen molar-refractivity contribution in [1.82, 2.24) is 0 Å². The smallest absolute Gasteiger partial charge is 0.0225 e. The molecule has 0 aromatic rings. The highest BCUT2D eigenvalue weighted by Gasteiger charge is 2.88. The molecule has 2 N–H and O–H groups in total. The summed E-state index contributed by atoms with van der Waals surface area (Å²) in [5.74, 6) is 7.75. The van der Waals surface area contributed by atoms with E-state index in [1.807, 2.05) is 0 Å². The van der Waals surface area contributed by atoms with Crippen LogP contribution in [0.25, 0.3) is 0 Å². The summed E-state index contributed by atoms with van der Waals surface area (Å²) < 4.78 is 0. The van der Waals surface area contributed by atoms with Gasteiger partial charge in [-0.3, -0.25) is 0 Å². The van der Waals surface area contributed by atoms with Gasteiger partial charge in [0.25, 0.3) is 0 Å². The van der Waals surface area contributed by atoms with Crippen LogP contribution >= 0.6 is 0 Å². The first kappa shape index (κ1) is 4.86. The van der Waals surface area contributed by atoms with Crippen LogP contribution in [0.1, 0.15) is 12.8 Å². The van der Waals surface area contributed by atoms with Crippen molar-refractivity contribution >= 4 is 0 Å². The number of rotatable bonds is 0. The Morgan fingerprint density at radius 3 is 2.55 bits per heavy atom. The fourth-order valence-electron chi connectivity index (χ4n) is 6.31. The molecule has 0 spiro atoms. The zero-order valence-corrected chi connectivity index (χ0v) is 6.53. The van der Waals surface area contributed by atoms with Crippen molar-refractivity contribution in [1.29, 1.82) is 0 Å². The summed E-state index contributed by atoms with van der Waals surface area (Å²) in [7, 11) is 0. The van der Waals surface area contributed by atoms with Gasteiger partial charge in [-0.15, -0.1) is 0 Å². The van der Waals surface area contributed by atoms with Gasteiger partial charge in [0.1, 0.15) is 0 Å². The van der Waals surface area contributed by atoms with Crippen LogP contribution in [0.15, 0.2) is 0 Å². The van der Waals surface area contributed by atoms with Gasteiger partial charge in [0.05, 0.1) is 0 Å².